The van der Waals surface area contributed by atoms with Crippen LogP contribution in [-0.2, 0) is 5.41 Å². The molecule has 4 heteroatoms. The molecular weight excluding hydrogens is 344 g/mol. The molecule has 1 unspecified atom stereocenters. The van der Waals surface area contributed by atoms with E-state index in [1.807, 2.05) is 12.1 Å². The van der Waals surface area contributed by atoms with Gasteiger partial charge < -0.3 is 5.73 Å². The van der Waals surface area contributed by atoms with Crippen LogP contribution in [0, 0.1) is 51.2 Å². The molecule has 0 spiro atoms. The molecule has 1 aromatic carbocycles. The molecule has 0 amide bonds. The fourth-order valence-corrected chi connectivity index (χ4v) is 4.64. The van der Waals surface area contributed by atoms with E-state index in [4.69, 9.17) is 5.73 Å². The van der Waals surface area contributed by atoms with Gasteiger partial charge in [0.15, 0.2) is 5.41 Å². The summed E-state index contributed by atoms with van der Waals surface area (Å²) in [5.41, 5.74) is 8.27. The monoisotopic (exact) mass is 370 g/mol. The molecule has 0 fully saturated rings. The minimum Gasteiger partial charge on any atom is -0.399 e. The average Bonchev–Trinajstić information content (AvgIpc) is 2.67. The number of nitrogens with two attached hydrogens (primary N) is 1. The van der Waals surface area contributed by atoms with Gasteiger partial charge in [-0.1, -0.05) is 58.0 Å². The van der Waals surface area contributed by atoms with E-state index in [1.54, 1.807) is 0 Å². The molecule has 2 aliphatic rings. The highest BCUT2D eigenvalue weighted by molar-refractivity contribution is 5.59. The highest BCUT2D eigenvalue weighted by atomic mass is 14.7. The Morgan fingerprint density at radius 2 is 1.68 bits per heavy atom. The van der Waals surface area contributed by atoms with Crippen LogP contribution in [0.15, 0.2) is 47.2 Å². The highest BCUT2D eigenvalue weighted by Crippen LogP contribution is 2.56. The van der Waals surface area contributed by atoms with Crippen LogP contribution < -0.4 is 5.73 Å². The molecule has 4 nitrogen and oxygen atoms in total. The van der Waals surface area contributed by atoms with Gasteiger partial charge in [0, 0.05) is 5.92 Å². The molecule has 0 heterocycles. The van der Waals surface area contributed by atoms with Gasteiger partial charge in [0.25, 0.3) is 0 Å². The van der Waals surface area contributed by atoms with Crippen molar-refractivity contribution >= 4 is 0 Å². The number of nitriles is 3. The number of nitrogens with zero attached hydrogens (tertiary/aromatic N) is 3. The molecule has 0 saturated heterocycles. The van der Waals surface area contributed by atoms with Gasteiger partial charge in [-0.3, -0.25) is 0 Å². The first-order valence-corrected chi connectivity index (χ1v) is 9.73. The van der Waals surface area contributed by atoms with Crippen molar-refractivity contribution in [1.82, 2.24) is 0 Å². The summed E-state index contributed by atoms with van der Waals surface area (Å²) in [4.78, 5) is 0. The van der Waals surface area contributed by atoms with Gasteiger partial charge in [0.1, 0.15) is 6.07 Å². The predicted octanol–water partition coefficient (Wildman–Crippen LogP) is 4.82. The van der Waals surface area contributed by atoms with Gasteiger partial charge >= 0.3 is 0 Å². The molecule has 0 radical (unpaired) electrons. The highest BCUT2D eigenvalue weighted by Gasteiger charge is 2.54. The van der Waals surface area contributed by atoms with Gasteiger partial charge in [-0.2, -0.15) is 15.8 Å². The Kier molecular flexibility index (Phi) is 4.82. The summed E-state index contributed by atoms with van der Waals surface area (Å²) in [6.45, 7) is 8.63. The van der Waals surface area contributed by atoms with Gasteiger partial charge in [0.05, 0.1) is 23.4 Å². The summed E-state index contributed by atoms with van der Waals surface area (Å²) in [6, 6.07) is 14.8. The molecule has 142 valence electrons. The largest absolute Gasteiger partial charge is 0.399 e. The first kappa shape index (κ1) is 19.7. The van der Waals surface area contributed by atoms with Crippen molar-refractivity contribution in [2.75, 3.05) is 0 Å². The Morgan fingerprint density at radius 1 is 1.07 bits per heavy atom. The van der Waals surface area contributed by atoms with E-state index in [9.17, 15) is 15.8 Å². The molecule has 0 bridgehead atoms. The van der Waals surface area contributed by atoms with Crippen LogP contribution in [0.2, 0.25) is 0 Å². The number of rotatable bonds is 1. The van der Waals surface area contributed by atoms with Crippen molar-refractivity contribution < 1.29 is 0 Å². The quantitative estimate of drug-likeness (QED) is 0.766. The van der Waals surface area contributed by atoms with Crippen LogP contribution in [0.3, 0.4) is 0 Å². The molecular formula is C24H26N4. The van der Waals surface area contributed by atoms with Crippen molar-refractivity contribution in [2.24, 2.45) is 23.0 Å². The normalized spacial score (nSPS) is 26.3. The smallest absolute Gasteiger partial charge is 0.191 e. The van der Waals surface area contributed by atoms with Crippen LogP contribution in [0.5, 0.6) is 0 Å². The van der Waals surface area contributed by atoms with E-state index in [2.05, 4.69) is 64.1 Å². The van der Waals surface area contributed by atoms with Crippen molar-refractivity contribution in [3.63, 3.8) is 0 Å². The zero-order chi connectivity index (χ0) is 20.7. The summed E-state index contributed by atoms with van der Waals surface area (Å²) in [6.07, 6.45) is 3.80. The number of benzene rings is 1. The fraction of sp³-hybridized carbons (Fsp3) is 0.458. The van der Waals surface area contributed by atoms with Gasteiger partial charge in [-0.15, -0.1) is 0 Å². The van der Waals surface area contributed by atoms with Crippen LogP contribution in [-0.4, -0.2) is 0 Å². The van der Waals surface area contributed by atoms with Crippen LogP contribution in [0.25, 0.3) is 0 Å². The second kappa shape index (κ2) is 6.85. The van der Waals surface area contributed by atoms with E-state index in [0.717, 1.165) is 24.0 Å². The summed E-state index contributed by atoms with van der Waals surface area (Å²) in [7, 11) is 0. The third-order valence-electron chi connectivity index (χ3n) is 6.25. The number of fused-ring (bicyclic) bond motifs is 1. The van der Waals surface area contributed by atoms with Gasteiger partial charge in [-0.05, 0) is 46.8 Å². The molecule has 0 aromatic heterocycles. The second-order valence-corrected chi connectivity index (χ2v) is 9.12. The van der Waals surface area contributed by atoms with Crippen molar-refractivity contribution in [3.8, 4) is 18.2 Å². The molecule has 2 N–H and O–H groups in total. The summed E-state index contributed by atoms with van der Waals surface area (Å²) in [5, 5.41) is 29.9. The molecule has 3 rings (SSSR count). The van der Waals surface area contributed by atoms with E-state index in [-0.39, 0.29) is 22.9 Å². The summed E-state index contributed by atoms with van der Waals surface area (Å²) >= 11 is 0. The van der Waals surface area contributed by atoms with E-state index < -0.39 is 5.41 Å². The third kappa shape index (κ3) is 2.89. The van der Waals surface area contributed by atoms with Crippen molar-refractivity contribution in [2.45, 2.75) is 51.9 Å². The molecule has 0 aliphatic heterocycles. The lowest BCUT2D eigenvalue weighted by molar-refractivity contribution is 0.284. The lowest BCUT2D eigenvalue weighted by Crippen LogP contribution is -2.43. The zero-order valence-corrected chi connectivity index (χ0v) is 17.0. The minimum absolute atomic E-state index is 0.0178. The lowest BCUT2D eigenvalue weighted by atomic mass is 9.56. The maximum atomic E-state index is 10.1. The summed E-state index contributed by atoms with van der Waals surface area (Å²) < 4.78 is 0. The standard InChI is InChI=1S/C24H26N4/c1-15-5-10-18-19(11-15)21(16-6-8-17(9-7-16)23(2,3)4)24(13-26,14-27)22(28)20(18)12-25/h6-10,15,19,21H,5,11,28H2,1-4H3/t15?,19-,21+/m1/s1. The first-order valence-electron chi connectivity index (χ1n) is 9.73. The first-order chi connectivity index (χ1) is 13.2. The Balaban J connectivity index is 2.25. The maximum absolute atomic E-state index is 10.1. The number of allylic oxidation sites excluding steroid dienone is 4. The molecule has 28 heavy (non-hydrogen) atoms. The maximum Gasteiger partial charge on any atom is 0.191 e. The zero-order valence-electron chi connectivity index (χ0n) is 17.0. The van der Waals surface area contributed by atoms with Crippen LogP contribution in [0.4, 0.5) is 0 Å². The fourth-order valence-electron chi connectivity index (χ4n) is 4.64. The molecule has 0 saturated carbocycles. The SMILES string of the molecule is CC1CC=C2C(C#N)=C(N)C(C#N)(C#N)[C@@H](c3ccc(C(C)(C)C)cc3)[C@@H]2C1. The Morgan fingerprint density at radius 3 is 2.18 bits per heavy atom. The summed E-state index contributed by atoms with van der Waals surface area (Å²) in [5.74, 6) is -0.0208. The van der Waals surface area contributed by atoms with Crippen molar-refractivity contribution in [1.29, 1.82) is 15.8 Å². The average molecular weight is 371 g/mol. The predicted molar refractivity (Wildman–Crippen MR) is 108 cm³/mol. The Bertz CT molecular complexity index is 954. The topological polar surface area (TPSA) is 97.4 Å². The van der Waals surface area contributed by atoms with E-state index in [1.165, 1.54) is 5.56 Å². The Labute approximate surface area is 167 Å². The Hall–Kier alpha value is -3.03. The van der Waals surface area contributed by atoms with Gasteiger partial charge in [0.2, 0.25) is 0 Å². The van der Waals surface area contributed by atoms with E-state index in [0.29, 0.717) is 11.5 Å². The molecule has 3 atom stereocenters. The number of hydrogen-bond donors (Lipinski definition) is 1. The molecule has 1 aromatic rings. The van der Waals surface area contributed by atoms with Crippen LogP contribution in [0.1, 0.15) is 57.6 Å². The third-order valence-corrected chi connectivity index (χ3v) is 6.25. The van der Waals surface area contributed by atoms with Crippen LogP contribution >= 0.6 is 0 Å². The van der Waals surface area contributed by atoms with Crippen molar-refractivity contribution in [3.05, 3.63) is 58.3 Å². The van der Waals surface area contributed by atoms with Gasteiger partial charge in [-0.25, -0.2) is 0 Å². The minimum atomic E-state index is -1.53. The van der Waals surface area contributed by atoms with E-state index >= 15 is 0 Å². The molecule has 2 aliphatic carbocycles. The second-order valence-electron chi connectivity index (χ2n) is 9.12. The lowest BCUT2D eigenvalue weighted by Gasteiger charge is -2.44. The number of hydrogen-bond acceptors (Lipinski definition) is 4.